The Bertz CT molecular complexity index is 697. The molecule has 0 spiro atoms. The van der Waals surface area contributed by atoms with E-state index in [1.54, 1.807) is 24.3 Å². The van der Waals surface area contributed by atoms with Crippen LogP contribution in [0.3, 0.4) is 0 Å². The summed E-state index contributed by atoms with van der Waals surface area (Å²) in [6, 6.07) is 12.5. The molecule has 2 aromatic carbocycles. The monoisotopic (exact) mass is 349 g/mol. The van der Waals surface area contributed by atoms with E-state index in [0.717, 1.165) is 17.7 Å². The molecule has 0 bridgehead atoms. The third-order valence-corrected chi connectivity index (χ3v) is 3.71. The minimum Gasteiger partial charge on any atom is -0.494 e. The van der Waals surface area contributed by atoms with Crippen molar-refractivity contribution in [1.82, 2.24) is 0 Å². The number of halogens is 2. The van der Waals surface area contributed by atoms with Crippen LogP contribution in [0.25, 0.3) is 6.08 Å². The predicted molar refractivity (Wildman–Crippen MR) is 96.4 cm³/mol. The SMILES string of the molecule is CCCOc1ccc(/C=C/C(=O)Nc2ccc(Cl)c(Cl)c2)cc1. The molecule has 2 rings (SSSR count). The summed E-state index contributed by atoms with van der Waals surface area (Å²) < 4.78 is 5.51. The van der Waals surface area contributed by atoms with Crippen LogP contribution in [0.15, 0.2) is 48.5 Å². The second-order valence-corrected chi connectivity index (χ2v) is 5.68. The van der Waals surface area contributed by atoms with Crippen molar-refractivity contribution >= 4 is 40.9 Å². The lowest BCUT2D eigenvalue weighted by atomic mass is 10.2. The normalized spacial score (nSPS) is 10.7. The van der Waals surface area contributed by atoms with Gasteiger partial charge in [0, 0.05) is 11.8 Å². The summed E-state index contributed by atoms with van der Waals surface area (Å²) in [6.07, 6.45) is 4.16. The van der Waals surface area contributed by atoms with Crippen molar-refractivity contribution in [1.29, 1.82) is 0 Å². The van der Waals surface area contributed by atoms with Gasteiger partial charge in [0.05, 0.1) is 16.7 Å². The highest BCUT2D eigenvalue weighted by atomic mass is 35.5. The molecule has 0 radical (unpaired) electrons. The van der Waals surface area contributed by atoms with Gasteiger partial charge in [0.15, 0.2) is 0 Å². The number of hydrogen-bond acceptors (Lipinski definition) is 2. The number of amides is 1. The average Bonchev–Trinajstić information content (AvgIpc) is 2.55. The van der Waals surface area contributed by atoms with Gasteiger partial charge in [0.25, 0.3) is 0 Å². The standard InChI is InChI=1S/C18H17Cl2NO2/c1-2-11-23-15-7-3-13(4-8-15)5-10-18(22)21-14-6-9-16(19)17(20)12-14/h3-10,12H,2,11H2,1H3,(H,21,22)/b10-5+. The van der Waals surface area contributed by atoms with Gasteiger partial charge in [0.1, 0.15) is 5.75 Å². The average molecular weight is 350 g/mol. The molecule has 120 valence electrons. The molecule has 5 heteroatoms. The Hall–Kier alpha value is -1.97. The Balaban J connectivity index is 1.93. The molecule has 0 saturated carbocycles. The van der Waals surface area contributed by atoms with Crippen LogP contribution in [-0.2, 0) is 4.79 Å². The summed E-state index contributed by atoms with van der Waals surface area (Å²) in [5.41, 5.74) is 1.51. The lowest BCUT2D eigenvalue weighted by molar-refractivity contribution is -0.111. The Kier molecular flexibility index (Phi) is 6.51. The molecular formula is C18H17Cl2NO2. The molecule has 0 saturated heterocycles. The zero-order chi connectivity index (χ0) is 16.7. The smallest absolute Gasteiger partial charge is 0.248 e. The van der Waals surface area contributed by atoms with Gasteiger partial charge in [-0.2, -0.15) is 0 Å². The predicted octanol–water partition coefficient (Wildman–Crippen LogP) is 5.43. The summed E-state index contributed by atoms with van der Waals surface area (Å²) in [5.74, 6) is 0.582. The quantitative estimate of drug-likeness (QED) is 0.705. The molecule has 23 heavy (non-hydrogen) atoms. The first kappa shape index (κ1) is 17.4. The topological polar surface area (TPSA) is 38.3 Å². The number of carbonyl (C=O) groups is 1. The highest BCUT2D eigenvalue weighted by Gasteiger charge is 2.02. The number of anilines is 1. The van der Waals surface area contributed by atoms with Crippen molar-refractivity contribution in [3.63, 3.8) is 0 Å². The van der Waals surface area contributed by atoms with Gasteiger partial charge < -0.3 is 10.1 Å². The number of benzene rings is 2. The maximum atomic E-state index is 11.9. The van der Waals surface area contributed by atoms with E-state index in [9.17, 15) is 4.79 Å². The minimum atomic E-state index is -0.241. The van der Waals surface area contributed by atoms with Gasteiger partial charge in [-0.1, -0.05) is 42.3 Å². The van der Waals surface area contributed by atoms with Crippen molar-refractivity contribution in [2.24, 2.45) is 0 Å². The van der Waals surface area contributed by atoms with Gasteiger partial charge >= 0.3 is 0 Å². The van der Waals surface area contributed by atoms with E-state index in [1.165, 1.54) is 6.08 Å². The van der Waals surface area contributed by atoms with Crippen molar-refractivity contribution < 1.29 is 9.53 Å². The highest BCUT2D eigenvalue weighted by molar-refractivity contribution is 6.42. The summed E-state index contributed by atoms with van der Waals surface area (Å²) >= 11 is 11.7. The van der Waals surface area contributed by atoms with Crippen LogP contribution in [0, 0.1) is 0 Å². The van der Waals surface area contributed by atoms with Crippen LogP contribution in [0.5, 0.6) is 5.75 Å². The third-order valence-electron chi connectivity index (χ3n) is 2.97. The molecule has 1 amide bonds. The van der Waals surface area contributed by atoms with Gasteiger partial charge in [-0.05, 0) is 48.4 Å². The second-order valence-electron chi connectivity index (χ2n) is 4.87. The van der Waals surface area contributed by atoms with E-state index in [2.05, 4.69) is 12.2 Å². The third kappa shape index (κ3) is 5.62. The van der Waals surface area contributed by atoms with Crippen LogP contribution in [0.2, 0.25) is 10.0 Å². The summed E-state index contributed by atoms with van der Waals surface area (Å²) in [5, 5.41) is 3.57. The summed E-state index contributed by atoms with van der Waals surface area (Å²) in [7, 11) is 0. The number of carbonyl (C=O) groups excluding carboxylic acids is 1. The van der Waals surface area contributed by atoms with E-state index in [-0.39, 0.29) is 5.91 Å². The first-order valence-corrected chi connectivity index (χ1v) is 8.01. The van der Waals surface area contributed by atoms with Crippen LogP contribution < -0.4 is 10.1 Å². The Morgan fingerprint density at radius 1 is 1.13 bits per heavy atom. The first-order chi connectivity index (χ1) is 11.1. The van der Waals surface area contributed by atoms with Crippen LogP contribution in [-0.4, -0.2) is 12.5 Å². The maximum absolute atomic E-state index is 11.9. The molecule has 0 aliphatic rings. The molecule has 0 unspecified atom stereocenters. The van der Waals surface area contributed by atoms with Crippen LogP contribution >= 0.6 is 23.2 Å². The molecule has 0 aromatic heterocycles. The fraction of sp³-hybridized carbons (Fsp3) is 0.167. The van der Waals surface area contributed by atoms with Crippen molar-refractivity contribution in [3.8, 4) is 5.75 Å². The molecule has 0 aliphatic heterocycles. The number of rotatable bonds is 6. The van der Waals surface area contributed by atoms with E-state index < -0.39 is 0 Å². The largest absolute Gasteiger partial charge is 0.494 e. The van der Waals surface area contributed by atoms with E-state index in [0.29, 0.717) is 22.3 Å². The number of ether oxygens (including phenoxy) is 1. The van der Waals surface area contributed by atoms with Gasteiger partial charge in [-0.3, -0.25) is 4.79 Å². The Morgan fingerprint density at radius 2 is 1.87 bits per heavy atom. The zero-order valence-electron chi connectivity index (χ0n) is 12.7. The van der Waals surface area contributed by atoms with E-state index in [1.807, 2.05) is 24.3 Å². The van der Waals surface area contributed by atoms with E-state index in [4.69, 9.17) is 27.9 Å². The number of hydrogen-bond donors (Lipinski definition) is 1. The molecule has 3 nitrogen and oxygen atoms in total. The number of nitrogens with one attached hydrogen (secondary N) is 1. The fourth-order valence-corrected chi connectivity index (χ4v) is 2.12. The Morgan fingerprint density at radius 3 is 2.52 bits per heavy atom. The zero-order valence-corrected chi connectivity index (χ0v) is 14.2. The van der Waals surface area contributed by atoms with Crippen LogP contribution in [0.1, 0.15) is 18.9 Å². The van der Waals surface area contributed by atoms with Crippen molar-refractivity contribution in [2.45, 2.75) is 13.3 Å². The first-order valence-electron chi connectivity index (χ1n) is 7.25. The summed E-state index contributed by atoms with van der Waals surface area (Å²) in [4.78, 5) is 11.9. The molecule has 2 aromatic rings. The summed E-state index contributed by atoms with van der Waals surface area (Å²) in [6.45, 7) is 2.75. The lowest BCUT2D eigenvalue weighted by Gasteiger charge is -2.04. The lowest BCUT2D eigenvalue weighted by Crippen LogP contribution is -2.07. The molecule has 0 heterocycles. The van der Waals surface area contributed by atoms with Gasteiger partial charge in [-0.25, -0.2) is 0 Å². The highest BCUT2D eigenvalue weighted by Crippen LogP contribution is 2.25. The second kappa shape index (κ2) is 8.61. The molecular weight excluding hydrogens is 333 g/mol. The minimum absolute atomic E-state index is 0.241. The molecule has 0 aliphatic carbocycles. The molecule has 0 atom stereocenters. The maximum Gasteiger partial charge on any atom is 0.248 e. The molecule has 0 fully saturated rings. The fourth-order valence-electron chi connectivity index (χ4n) is 1.82. The molecule has 1 N–H and O–H groups in total. The van der Waals surface area contributed by atoms with Gasteiger partial charge in [0.2, 0.25) is 5.91 Å². The van der Waals surface area contributed by atoms with E-state index >= 15 is 0 Å². The van der Waals surface area contributed by atoms with Crippen molar-refractivity contribution in [2.75, 3.05) is 11.9 Å². The van der Waals surface area contributed by atoms with Crippen molar-refractivity contribution in [3.05, 3.63) is 64.1 Å². The Labute approximate surface area is 145 Å². The van der Waals surface area contributed by atoms with Crippen LogP contribution in [0.4, 0.5) is 5.69 Å². The van der Waals surface area contributed by atoms with Gasteiger partial charge in [-0.15, -0.1) is 0 Å².